The standard InChI is InChI=1S/C18H22N4O3/c1-13-16(17-20-9-5-11-22(17)21-13)18(24)25-12-15(23)19-10-8-14-6-3-2-4-7-14/h5-6,9,11H,2-4,7-8,10,12H2,1H3,(H,19,23). The van der Waals surface area contributed by atoms with Crippen LogP contribution in [0.5, 0.6) is 0 Å². The summed E-state index contributed by atoms with van der Waals surface area (Å²) in [6, 6.07) is 1.73. The number of allylic oxidation sites excluding steroid dienone is 1. The zero-order valence-electron chi connectivity index (χ0n) is 14.3. The summed E-state index contributed by atoms with van der Waals surface area (Å²) in [6.45, 7) is 1.98. The first-order valence-electron chi connectivity index (χ1n) is 8.57. The normalized spacial score (nSPS) is 14.2. The lowest BCUT2D eigenvalue weighted by Crippen LogP contribution is -2.30. The summed E-state index contributed by atoms with van der Waals surface area (Å²) >= 11 is 0. The summed E-state index contributed by atoms with van der Waals surface area (Å²) in [7, 11) is 0. The summed E-state index contributed by atoms with van der Waals surface area (Å²) in [4.78, 5) is 28.3. The van der Waals surface area contributed by atoms with Gasteiger partial charge in [-0.1, -0.05) is 11.6 Å². The largest absolute Gasteiger partial charge is 0.452 e. The predicted octanol–water partition coefficient (Wildman–Crippen LogP) is 2.20. The van der Waals surface area contributed by atoms with Gasteiger partial charge in [-0.05, 0) is 45.1 Å². The molecule has 1 N–H and O–H groups in total. The molecule has 132 valence electrons. The maximum Gasteiger partial charge on any atom is 0.344 e. The summed E-state index contributed by atoms with van der Waals surface area (Å²) in [5.41, 5.74) is 2.64. The van der Waals surface area contributed by atoms with Crippen LogP contribution in [0.3, 0.4) is 0 Å². The fraction of sp³-hybridized carbons (Fsp3) is 0.444. The van der Waals surface area contributed by atoms with E-state index in [4.69, 9.17) is 4.74 Å². The molecule has 0 atom stereocenters. The number of hydrogen-bond acceptors (Lipinski definition) is 5. The van der Waals surface area contributed by atoms with Crippen LogP contribution in [0.1, 0.15) is 48.2 Å². The minimum Gasteiger partial charge on any atom is -0.452 e. The third-order valence-corrected chi connectivity index (χ3v) is 4.26. The van der Waals surface area contributed by atoms with E-state index in [2.05, 4.69) is 21.5 Å². The van der Waals surface area contributed by atoms with Crippen LogP contribution in [0.2, 0.25) is 0 Å². The number of nitrogens with one attached hydrogen (secondary N) is 1. The third kappa shape index (κ3) is 4.23. The van der Waals surface area contributed by atoms with E-state index < -0.39 is 5.97 Å². The molecule has 0 bridgehead atoms. The summed E-state index contributed by atoms with van der Waals surface area (Å²) in [5, 5.41) is 7.00. The Hall–Kier alpha value is -2.70. The van der Waals surface area contributed by atoms with Crippen LogP contribution in [-0.2, 0) is 9.53 Å². The number of esters is 1. The average Bonchev–Trinajstić information content (AvgIpc) is 2.96. The molecule has 1 aliphatic carbocycles. The highest BCUT2D eigenvalue weighted by Crippen LogP contribution is 2.19. The number of ether oxygens (including phenoxy) is 1. The van der Waals surface area contributed by atoms with Crippen molar-refractivity contribution >= 4 is 17.5 Å². The van der Waals surface area contributed by atoms with Gasteiger partial charge in [0, 0.05) is 18.9 Å². The zero-order chi connectivity index (χ0) is 17.6. The Morgan fingerprint density at radius 3 is 3.04 bits per heavy atom. The minimum atomic E-state index is -0.587. The first kappa shape index (κ1) is 17.1. The number of hydrogen-bond donors (Lipinski definition) is 1. The molecule has 0 saturated heterocycles. The SMILES string of the molecule is Cc1nn2cccnc2c1C(=O)OCC(=O)NCCC1=CCCCC1. The molecule has 0 unspecified atom stereocenters. The average molecular weight is 342 g/mol. The lowest BCUT2D eigenvalue weighted by atomic mass is 9.97. The van der Waals surface area contributed by atoms with E-state index in [0.717, 1.165) is 19.3 Å². The van der Waals surface area contributed by atoms with E-state index in [1.54, 1.807) is 25.4 Å². The van der Waals surface area contributed by atoms with Gasteiger partial charge < -0.3 is 10.1 Å². The fourth-order valence-corrected chi connectivity index (χ4v) is 2.98. The molecular weight excluding hydrogens is 320 g/mol. The number of rotatable bonds is 6. The van der Waals surface area contributed by atoms with Gasteiger partial charge in [-0.3, -0.25) is 4.79 Å². The second kappa shape index (κ2) is 7.92. The van der Waals surface area contributed by atoms with Gasteiger partial charge >= 0.3 is 5.97 Å². The van der Waals surface area contributed by atoms with Crippen LogP contribution in [-0.4, -0.2) is 39.6 Å². The number of fused-ring (bicyclic) bond motifs is 1. The zero-order valence-corrected chi connectivity index (χ0v) is 14.3. The van der Waals surface area contributed by atoms with Crippen molar-refractivity contribution in [3.63, 3.8) is 0 Å². The van der Waals surface area contributed by atoms with E-state index in [1.165, 1.54) is 22.9 Å². The van der Waals surface area contributed by atoms with Gasteiger partial charge in [0.2, 0.25) is 0 Å². The first-order chi connectivity index (χ1) is 12.1. The molecule has 0 aliphatic heterocycles. The van der Waals surface area contributed by atoms with Crippen LogP contribution in [0, 0.1) is 6.92 Å². The maximum atomic E-state index is 12.3. The Morgan fingerprint density at radius 2 is 2.24 bits per heavy atom. The van der Waals surface area contributed by atoms with E-state index in [1.807, 2.05) is 0 Å². The summed E-state index contributed by atoms with van der Waals surface area (Å²) in [6.07, 6.45) is 11.1. The molecule has 7 nitrogen and oxygen atoms in total. The molecule has 2 aromatic heterocycles. The van der Waals surface area contributed by atoms with Crippen molar-refractivity contribution in [2.45, 2.75) is 39.0 Å². The molecule has 1 aliphatic rings. The monoisotopic (exact) mass is 342 g/mol. The number of aryl methyl sites for hydroxylation is 1. The Morgan fingerprint density at radius 1 is 1.36 bits per heavy atom. The molecule has 2 aromatic rings. The molecular formula is C18H22N4O3. The van der Waals surface area contributed by atoms with Crippen molar-refractivity contribution in [3.05, 3.63) is 41.4 Å². The van der Waals surface area contributed by atoms with E-state index in [0.29, 0.717) is 23.4 Å². The van der Waals surface area contributed by atoms with E-state index >= 15 is 0 Å². The predicted molar refractivity (Wildman–Crippen MR) is 92.2 cm³/mol. The van der Waals surface area contributed by atoms with Crippen molar-refractivity contribution in [2.75, 3.05) is 13.2 Å². The smallest absolute Gasteiger partial charge is 0.344 e. The lowest BCUT2D eigenvalue weighted by Gasteiger charge is -2.13. The van der Waals surface area contributed by atoms with Crippen molar-refractivity contribution in [2.24, 2.45) is 0 Å². The summed E-state index contributed by atoms with van der Waals surface area (Å²) < 4.78 is 6.64. The van der Waals surface area contributed by atoms with Crippen LogP contribution in [0.4, 0.5) is 0 Å². The Balaban J connectivity index is 1.49. The van der Waals surface area contributed by atoms with Gasteiger partial charge in [0.15, 0.2) is 12.3 Å². The quantitative estimate of drug-likeness (QED) is 0.642. The third-order valence-electron chi connectivity index (χ3n) is 4.26. The second-order valence-electron chi connectivity index (χ2n) is 6.13. The first-order valence-corrected chi connectivity index (χ1v) is 8.57. The molecule has 1 amide bonds. The topological polar surface area (TPSA) is 85.6 Å². The van der Waals surface area contributed by atoms with Gasteiger partial charge in [0.25, 0.3) is 5.91 Å². The van der Waals surface area contributed by atoms with Gasteiger partial charge in [-0.25, -0.2) is 14.3 Å². The lowest BCUT2D eigenvalue weighted by molar-refractivity contribution is -0.124. The maximum absolute atomic E-state index is 12.3. The summed E-state index contributed by atoms with van der Waals surface area (Å²) in [5.74, 6) is -0.886. The van der Waals surface area contributed by atoms with Gasteiger partial charge in [0.05, 0.1) is 5.69 Å². The van der Waals surface area contributed by atoms with Crippen molar-refractivity contribution in [3.8, 4) is 0 Å². The van der Waals surface area contributed by atoms with E-state index in [9.17, 15) is 9.59 Å². The highest BCUT2D eigenvalue weighted by Gasteiger charge is 2.20. The molecule has 7 heteroatoms. The molecule has 3 rings (SSSR count). The van der Waals surface area contributed by atoms with Crippen LogP contribution in [0.25, 0.3) is 5.65 Å². The fourth-order valence-electron chi connectivity index (χ4n) is 2.98. The number of carbonyl (C=O) groups excluding carboxylic acids is 2. The minimum absolute atomic E-state index is 0.292. The van der Waals surface area contributed by atoms with Gasteiger partial charge in [-0.2, -0.15) is 5.10 Å². The van der Waals surface area contributed by atoms with Crippen LogP contribution >= 0.6 is 0 Å². The molecule has 0 radical (unpaired) electrons. The molecule has 2 heterocycles. The van der Waals surface area contributed by atoms with E-state index in [-0.39, 0.29) is 12.5 Å². The number of amides is 1. The number of carbonyl (C=O) groups is 2. The number of nitrogens with zero attached hydrogens (tertiary/aromatic N) is 3. The molecule has 25 heavy (non-hydrogen) atoms. The van der Waals surface area contributed by atoms with Crippen molar-refractivity contribution in [1.29, 1.82) is 0 Å². The van der Waals surface area contributed by atoms with Crippen molar-refractivity contribution in [1.82, 2.24) is 19.9 Å². The van der Waals surface area contributed by atoms with Crippen LogP contribution < -0.4 is 5.32 Å². The van der Waals surface area contributed by atoms with Crippen molar-refractivity contribution < 1.29 is 14.3 Å². The van der Waals surface area contributed by atoms with Crippen LogP contribution in [0.15, 0.2) is 30.1 Å². The number of aromatic nitrogens is 3. The molecule has 0 aromatic carbocycles. The highest BCUT2D eigenvalue weighted by molar-refractivity contribution is 5.98. The highest BCUT2D eigenvalue weighted by atomic mass is 16.5. The molecule has 0 spiro atoms. The molecule has 0 fully saturated rings. The Bertz CT molecular complexity index is 810. The van der Waals surface area contributed by atoms with Gasteiger partial charge in [0.1, 0.15) is 5.56 Å². The molecule has 0 saturated carbocycles. The Labute approximate surface area is 146 Å². The second-order valence-corrected chi connectivity index (χ2v) is 6.13. The van der Waals surface area contributed by atoms with Gasteiger partial charge in [-0.15, -0.1) is 0 Å². The Kier molecular flexibility index (Phi) is 5.42.